The van der Waals surface area contributed by atoms with Crippen LogP contribution in [0.4, 0.5) is 5.69 Å². The molecule has 0 spiro atoms. The lowest BCUT2D eigenvalue weighted by molar-refractivity contribution is -0.385. The number of carbonyl (C=O) groups is 1. The fourth-order valence-electron chi connectivity index (χ4n) is 1.80. The zero-order valence-electron chi connectivity index (χ0n) is 10.2. The second-order valence-corrected chi connectivity index (χ2v) is 4.07. The molecule has 0 atom stereocenters. The molecule has 102 valence electrons. The van der Waals surface area contributed by atoms with Crippen LogP contribution in [-0.2, 0) is 6.54 Å². The molecule has 0 fully saturated rings. The van der Waals surface area contributed by atoms with Gasteiger partial charge in [-0.05, 0) is 11.6 Å². The minimum Gasteiger partial charge on any atom is -0.478 e. The van der Waals surface area contributed by atoms with Gasteiger partial charge < -0.3 is 9.67 Å². The Morgan fingerprint density at radius 3 is 2.60 bits per heavy atom. The third-order valence-corrected chi connectivity index (χ3v) is 2.77. The van der Waals surface area contributed by atoms with Gasteiger partial charge in [0.25, 0.3) is 11.2 Å². The Morgan fingerprint density at radius 1 is 1.25 bits per heavy atom. The zero-order chi connectivity index (χ0) is 14.7. The highest BCUT2D eigenvalue weighted by Gasteiger charge is 2.12. The number of aromatic nitrogens is 1. The minimum absolute atomic E-state index is 0.0387. The van der Waals surface area contributed by atoms with Crippen molar-refractivity contribution < 1.29 is 14.8 Å². The molecule has 0 aliphatic heterocycles. The number of nitro groups is 1. The summed E-state index contributed by atoms with van der Waals surface area (Å²) in [6.45, 7) is -0.0387. The number of hydrogen-bond donors (Lipinski definition) is 1. The van der Waals surface area contributed by atoms with Crippen molar-refractivity contribution in [2.45, 2.75) is 6.54 Å². The molecule has 0 radical (unpaired) electrons. The van der Waals surface area contributed by atoms with Gasteiger partial charge in [-0.1, -0.05) is 18.2 Å². The number of benzene rings is 1. The fraction of sp³-hybridized carbons (Fsp3) is 0.0769. The van der Waals surface area contributed by atoms with E-state index in [-0.39, 0.29) is 17.8 Å². The summed E-state index contributed by atoms with van der Waals surface area (Å²) < 4.78 is 1.11. The van der Waals surface area contributed by atoms with Gasteiger partial charge in [-0.25, -0.2) is 4.79 Å². The lowest BCUT2D eigenvalue weighted by Crippen LogP contribution is -2.20. The monoisotopic (exact) mass is 274 g/mol. The smallest absolute Gasteiger partial charge is 0.336 e. The number of pyridine rings is 1. The van der Waals surface area contributed by atoms with Gasteiger partial charge in [0.2, 0.25) is 0 Å². The van der Waals surface area contributed by atoms with E-state index in [1.54, 1.807) is 18.2 Å². The van der Waals surface area contributed by atoms with Crippen LogP contribution < -0.4 is 5.56 Å². The van der Waals surface area contributed by atoms with E-state index in [1.165, 1.54) is 6.07 Å². The predicted octanol–water partition coefficient (Wildman–Crippen LogP) is 1.50. The molecule has 7 heteroatoms. The Balaban J connectivity index is 2.45. The van der Waals surface area contributed by atoms with Gasteiger partial charge in [0, 0.05) is 12.1 Å². The summed E-state index contributed by atoms with van der Waals surface area (Å²) in [6.07, 6.45) is 1.10. The second kappa shape index (κ2) is 5.35. The van der Waals surface area contributed by atoms with Crippen molar-refractivity contribution in [1.82, 2.24) is 4.57 Å². The van der Waals surface area contributed by atoms with E-state index >= 15 is 0 Å². The Kier molecular flexibility index (Phi) is 3.60. The van der Waals surface area contributed by atoms with E-state index < -0.39 is 16.5 Å². The van der Waals surface area contributed by atoms with Crippen LogP contribution in [0.25, 0.3) is 0 Å². The first-order chi connectivity index (χ1) is 9.49. The first kappa shape index (κ1) is 13.5. The normalized spacial score (nSPS) is 10.2. The van der Waals surface area contributed by atoms with Crippen molar-refractivity contribution in [2.24, 2.45) is 0 Å². The van der Waals surface area contributed by atoms with Gasteiger partial charge in [-0.3, -0.25) is 14.9 Å². The topological polar surface area (TPSA) is 102 Å². The highest BCUT2D eigenvalue weighted by Crippen LogP contribution is 2.12. The zero-order valence-corrected chi connectivity index (χ0v) is 10.2. The molecule has 1 aromatic heterocycles. The fourth-order valence-corrected chi connectivity index (χ4v) is 1.80. The van der Waals surface area contributed by atoms with Crippen molar-refractivity contribution in [3.8, 4) is 0 Å². The maximum absolute atomic E-state index is 11.7. The van der Waals surface area contributed by atoms with Gasteiger partial charge in [-0.15, -0.1) is 0 Å². The number of aromatic carboxylic acids is 1. The Bertz CT molecular complexity index is 736. The third-order valence-electron chi connectivity index (χ3n) is 2.77. The van der Waals surface area contributed by atoms with Gasteiger partial charge in [-0.2, -0.15) is 0 Å². The van der Waals surface area contributed by atoms with Crippen LogP contribution in [0.15, 0.2) is 47.4 Å². The molecule has 0 unspecified atom stereocenters. The van der Waals surface area contributed by atoms with Crippen molar-refractivity contribution in [3.63, 3.8) is 0 Å². The van der Waals surface area contributed by atoms with E-state index in [0.29, 0.717) is 5.56 Å². The Labute approximate surface area is 112 Å². The van der Waals surface area contributed by atoms with Crippen LogP contribution >= 0.6 is 0 Å². The number of hydrogen-bond acceptors (Lipinski definition) is 4. The van der Waals surface area contributed by atoms with Crippen LogP contribution in [0.5, 0.6) is 0 Å². The molecule has 0 amide bonds. The summed E-state index contributed by atoms with van der Waals surface area (Å²) in [5.41, 5.74) is -0.193. The average molecular weight is 274 g/mol. The second-order valence-electron chi connectivity index (χ2n) is 4.07. The summed E-state index contributed by atoms with van der Waals surface area (Å²) in [7, 11) is 0. The van der Waals surface area contributed by atoms with Gasteiger partial charge >= 0.3 is 5.97 Å². The first-order valence-electron chi connectivity index (χ1n) is 5.65. The van der Waals surface area contributed by atoms with E-state index in [0.717, 1.165) is 22.9 Å². The predicted molar refractivity (Wildman–Crippen MR) is 69.9 cm³/mol. The van der Waals surface area contributed by atoms with Crippen LogP contribution in [-0.4, -0.2) is 20.6 Å². The van der Waals surface area contributed by atoms with Crippen molar-refractivity contribution in [1.29, 1.82) is 0 Å². The molecule has 1 aromatic carbocycles. The van der Waals surface area contributed by atoms with Crippen molar-refractivity contribution in [2.75, 3.05) is 0 Å². The number of carboxylic acid groups (broad SMARTS) is 1. The van der Waals surface area contributed by atoms with Gasteiger partial charge in [0.15, 0.2) is 0 Å². The summed E-state index contributed by atoms with van der Waals surface area (Å²) >= 11 is 0. The highest BCUT2D eigenvalue weighted by atomic mass is 16.6. The molecular formula is C13H10N2O5. The minimum atomic E-state index is -1.11. The molecule has 1 N–H and O–H groups in total. The molecule has 1 heterocycles. The molecular weight excluding hydrogens is 264 g/mol. The SMILES string of the molecule is O=C(O)c1ccccc1Cn1cc([N+](=O)[O-])ccc1=O. The third kappa shape index (κ3) is 2.72. The van der Waals surface area contributed by atoms with Crippen molar-refractivity contribution in [3.05, 3.63) is 74.2 Å². The summed E-state index contributed by atoms with van der Waals surface area (Å²) in [6, 6.07) is 8.39. The Hall–Kier alpha value is -2.96. The maximum Gasteiger partial charge on any atom is 0.336 e. The number of nitrogens with zero attached hydrogens (tertiary/aromatic N) is 2. The first-order valence-corrected chi connectivity index (χ1v) is 5.65. The van der Waals surface area contributed by atoms with E-state index in [4.69, 9.17) is 5.11 Å². The van der Waals surface area contributed by atoms with Gasteiger partial charge in [0.1, 0.15) is 0 Å². The number of rotatable bonds is 4. The molecule has 2 aromatic rings. The molecule has 0 aliphatic carbocycles. The van der Waals surface area contributed by atoms with Crippen LogP contribution in [0, 0.1) is 10.1 Å². The lowest BCUT2D eigenvalue weighted by Gasteiger charge is -2.08. The molecule has 2 rings (SSSR count). The molecule has 0 saturated heterocycles. The maximum atomic E-state index is 11.7. The largest absolute Gasteiger partial charge is 0.478 e. The van der Waals surface area contributed by atoms with Gasteiger partial charge in [0.05, 0.1) is 23.2 Å². The molecule has 0 saturated carbocycles. The van der Waals surface area contributed by atoms with E-state index in [9.17, 15) is 19.7 Å². The summed E-state index contributed by atoms with van der Waals surface area (Å²) in [5, 5.41) is 19.7. The average Bonchev–Trinajstić information content (AvgIpc) is 2.41. The van der Waals surface area contributed by atoms with E-state index in [1.807, 2.05) is 0 Å². The molecule has 0 bridgehead atoms. The van der Waals surface area contributed by atoms with E-state index in [2.05, 4.69) is 0 Å². The van der Waals surface area contributed by atoms with Crippen LogP contribution in [0.3, 0.4) is 0 Å². The standard InChI is InChI=1S/C13H10N2O5/c16-12-6-5-10(15(19)20)8-14(12)7-9-3-1-2-4-11(9)13(17)18/h1-6,8H,7H2,(H,17,18). The van der Waals surface area contributed by atoms with Crippen LogP contribution in [0.1, 0.15) is 15.9 Å². The highest BCUT2D eigenvalue weighted by molar-refractivity contribution is 5.89. The molecule has 7 nitrogen and oxygen atoms in total. The lowest BCUT2D eigenvalue weighted by atomic mass is 10.1. The molecule has 20 heavy (non-hydrogen) atoms. The number of carboxylic acids is 1. The van der Waals surface area contributed by atoms with Crippen molar-refractivity contribution >= 4 is 11.7 Å². The summed E-state index contributed by atoms with van der Waals surface area (Å²) in [4.78, 5) is 32.8. The molecule has 0 aliphatic rings. The summed E-state index contributed by atoms with van der Waals surface area (Å²) in [5.74, 6) is -1.11. The van der Waals surface area contributed by atoms with Crippen LogP contribution in [0.2, 0.25) is 0 Å². The Morgan fingerprint density at radius 2 is 1.95 bits per heavy atom. The quantitative estimate of drug-likeness (QED) is 0.672.